The average molecular weight is 504 g/mol. The van der Waals surface area contributed by atoms with E-state index in [-0.39, 0.29) is 0 Å². The van der Waals surface area contributed by atoms with E-state index < -0.39 is 0 Å². The van der Waals surface area contributed by atoms with Gasteiger partial charge in [0.15, 0.2) is 0 Å². The summed E-state index contributed by atoms with van der Waals surface area (Å²) in [6, 6.07) is 0. The topological polar surface area (TPSA) is 0 Å². The van der Waals surface area contributed by atoms with Crippen LogP contribution in [0.2, 0.25) is 0 Å². The molecule has 0 saturated heterocycles. The molecule has 0 aromatic heterocycles. The molecular formula is C20H36ClIr. The van der Waals surface area contributed by atoms with Crippen LogP contribution in [-0.2, 0) is 17.9 Å². The first kappa shape index (κ1) is 20.7. The number of rotatable bonds is 7. The van der Waals surface area contributed by atoms with Crippen LogP contribution in [0.4, 0.5) is 0 Å². The fourth-order valence-corrected chi connectivity index (χ4v) is 4.38. The Bertz CT molecular complexity index is 255. The summed E-state index contributed by atoms with van der Waals surface area (Å²) in [7, 11) is 4.64. The van der Waals surface area contributed by atoms with Gasteiger partial charge in [0.05, 0.1) is 0 Å². The molecule has 0 amide bonds. The van der Waals surface area contributed by atoms with Gasteiger partial charge in [-0.1, -0.05) is 76.4 Å². The van der Waals surface area contributed by atoms with Gasteiger partial charge in [0.2, 0.25) is 0 Å². The van der Waals surface area contributed by atoms with Crippen LogP contribution in [0, 0.1) is 11.8 Å². The number of halogens is 1. The van der Waals surface area contributed by atoms with E-state index in [1.807, 2.05) is 5.57 Å². The monoisotopic (exact) mass is 504 g/mol. The second kappa shape index (κ2) is 14.1. The van der Waals surface area contributed by atoms with E-state index >= 15 is 0 Å². The van der Waals surface area contributed by atoms with E-state index in [9.17, 15) is 0 Å². The molecule has 0 aliphatic heterocycles. The molecule has 0 spiro atoms. The Morgan fingerprint density at radius 3 is 1.77 bits per heavy atom. The zero-order valence-electron chi connectivity index (χ0n) is 14.5. The zero-order chi connectivity index (χ0) is 16.0. The van der Waals surface area contributed by atoms with Gasteiger partial charge in [0.25, 0.3) is 0 Å². The van der Waals surface area contributed by atoms with Crippen LogP contribution in [0.1, 0.15) is 103 Å². The number of unbranched alkanes of at least 4 members (excludes halogenated alkanes) is 4. The van der Waals surface area contributed by atoms with Crippen molar-refractivity contribution in [2.24, 2.45) is 11.8 Å². The van der Waals surface area contributed by atoms with Gasteiger partial charge in [0.1, 0.15) is 0 Å². The maximum absolute atomic E-state index is 4.64. The predicted octanol–water partition coefficient (Wildman–Crippen LogP) is 7.73. The molecule has 132 valence electrons. The van der Waals surface area contributed by atoms with Gasteiger partial charge in [-0.25, -0.2) is 0 Å². The fraction of sp³-hybridized carbons (Fsp3) is 0.900. The first-order chi connectivity index (χ1) is 10.9. The van der Waals surface area contributed by atoms with E-state index in [4.69, 9.17) is 0 Å². The van der Waals surface area contributed by atoms with Gasteiger partial charge >= 0.3 is 27.5 Å². The first-order valence-electron chi connectivity index (χ1n) is 9.74. The summed E-state index contributed by atoms with van der Waals surface area (Å²) in [5.41, 5.74) is 1.92. The maximum atomic E-state index is 4.64. The van der Waals surface area contributed by atoms with Crippen molar-refractivity contribution in [1.29, 1.82) is 0 Å². The average Bonchev–Trinajstić information content (AvgIpc) is 2.61. The molecule has 0 aromatic carbocycles. The molecule has 0 atom stereocenters. The van der Waals surface area contributed by atoms with Gasteiger partial charge in [0, 0.05) is 0 Å². The van der Waals surface area contributed by atoms with Crippen molar-refractivity contribution in [3.05, 3.63) is 11.6 Å². The number of allylic oxidation sites excluding steroid dienone is 2. The normalized spacial score (nSPS) is 20.2. The van der Waals surface area contributed by atoms with Crippen LogP contribution in [-0.4, -0.2) is 0 Å². The van der Waals surface area contributed by atoms with Crippen LogP contribution in [0.3, 0.4) is 0 Å². The minimum atomic E-state index is 0.970. The Balaban J connectivity index is 0.00000116. The summed E-state index contributed by atoms with van der Waals surface area (Å²) in [5.74, 6) is 1.94. The van der Waals surface area contributed by atoms with Crippen LogP contribution < -0.4 is 0 Å². The Morgan fingerprint density at radius 1 is 0.818 bits per heavy atom. The van der Waals surface area contributed by atoms with E-state index in [1.54, 1.807) is 0 Å². The van der Waals surface area contributed by atoms with Crippen molar-refractivity contribution in [3.8, 4) is 0 Å². The van der Waals surface area contributed by atoms with Crippen molar-refractivity contribution >= 4 is 9.58 Å². The van der Waals surface area contributed by atoms with Gasteiger partial charge < -0.3 is 0 Å². The second-order valence-corrected chi connectivity index (χ2v) is 7.22. The van der Waals surface area contributed by atoms with Crippen molar-refractivity contribution in [2.75, 3.05) is 0 Å². The molecule has 0 heterocycles. The molecule has 2 aliphatic carbocycles. The van der Waals surface area contributed by atoms with Crippen LogP contribution in [0.5, 0.6) is 0 Å². The van der Waals surface area contributed by atoms with E-state index in [0.717, 1.165) is 11.8 Å². The van der Waals surface area contributed by atoms with E-state index in [1.165, 1.54) is 114 Å². The zero-order valence-corrected chi connectivity index (χ0v) is 17.7. The van der Waals surface area contributed by atoms with Crippen LogP contribution in [0.25, 0.3) is 0 Å². The third-order valence-electron chi connectivity index (χ3n) is 5.59. The predicted molar refractivity (Wildman–Crippen MR) is 95.8 cm³/mol. The van der Waals surface area contributed by atoms with Crippen molar-refractivity contribution < 1.29 is 17.9 Å². The van der Waals surface area contributed by atoms with Crippen LogP contribution in [0.15, 0.2) is 11.6 Å². The Morgan fingerprint density at radius 2 is 1.32 bits per heavy atom. The summed E-state index contributed by atoms with van der Waals surface area (Å²) >= 11 is 1.47. The van der Waals surface area contributed by atoms with Gasteiger partial charge in [-0.15, -0.1) is 0 Å². The summed E-state index contributed by atoms with van der Waals surface area (Å²) in [5, 5.41) is 0. The second-order valence-electron chi connectivity index (χ2n) is 7.22. The van der Waals surface area contributed by atoms with E-state index in [0.29, 0.717) is 0 Å². The Hall–Kier alpha value is 0.679. The van der Waals surface area contributed by atoms with Crippen molar-refractivity contribution in [2.45, 2.75) is 103 Å². The van der Waals surface area contributed by atoms with E-state index in [2.05, 4.69) is 22.6 Å². The van der Waals surface area contributed by atoms with Gasteiger partial charge in [-0.2, -0.15) is 0 Å². The molecule has 2 heteroatoms. The Kier molecular flexibility index (Phi) is 13.2. The molecule has 2 saturated carbocycles. The molecule has 0 aromatic rings. The molecule has 0 bridgehead atoms. The summed E-state index contributed by atoms with van der Waals surface area (Å²) < 4.78 is 0. The first-order valence-corrected chi connectivity index (χ1v) is 12.7. The summed E-state index contributed by atoms with van der Waals surface area (Å²) in [4.78, 5) is 0. The molecular weight excluding hydrogens is 468 g/mol. The Labute approximate surface area is 154 Å². The molecule has 0 unspecified atom stereocenters. The molecule has 0 nitrogen and oxygen atoms in total. The molecule has 22 heavy (non-hydrogen) atoms. The molecule has 2 fully saturated rings. The third kappa shape index (κ3) is 7.98. The molecule has 0 N–H and O–H groups in total. The standard InChI is InChI=1S/C20H36.ClH.Ir/c1-2-3-4-5-12-17-20(18-13-8-6-9-14-18)19-15-10-7-11-16-19;;/h17-19H,2-16H2,1H3;1H;/q;;+1/p-1. The van der Waals surface area contributed by atoms with Crippen molar-refractivity contribution in [3.63, 3.8) is 0 Å². The van der Waals surface area contributed by atoms with Gasteiger partial charge in [-0.3, -0.25) is 0 Å². The van der Waals surface area contributed by atoms with Gasteiger partial charge in [-0.05, 0) is 50.4 Å². The number of hydrogen-bond donors (Lipinski definition) is 0. The quantitative estimate of drug-likeness (QED) is 0.246. The molecule has 2 rings (SSSR count). The molecule has 2 aliphatic rings. The van der Waals surface area contributed by atoms with Crippen molar-refractivity contribution in [1.82, 2.24) is 0 Å². The summed E-state index contributed by atoms with van der Waals surface area (Å²) in [6.07, 6.45) is 24.7. The fourth-order valence-electron chi connectivity index (χ4n) is 4.38. The SMILES string of the molecule is CCCCCCC=C(C1CCCCC1)C1CCCCC1.[Cl][Ir]. The number of hydrogen-bond acceptors (Lipinski definition) is 0. The minimum absolute atomic E-state index is 0.970. The van der Waals surface area contributed by atoms with Crippen LogP contribution >= 0.6 is 9.58 Å². The summed E-state index contributed by atoms with van der Waals surface area (Å²) in [6.45, 7) is 2.31. The third-order valence-corrected chi connectivity index (χ3v) is 5.59. The molecule has 0 radical (unpaired) electrons.